The Bertz CT molecular complexity index is 691. The van der Waals surface area contributed by atoms with Crippen molar-refractivity contribution in [3.8, 4) is 0 Å². The number of carboxylic acid groups (broad SMARTS) is 1. The van der Waals surface area contributed by atoms with Crippen LogP contribution in [0.2, 0.25) is 0 Å². The van der Waals surface area contributed by atoms with Gasteiger partial charge in [-0.2, -0.15) is 4.99 Å². The summed E-state index contributed by atoms with van der Waals surface area (Å²) in [5.74, 6) is -1.21. The fourth-order valence-corrected chi connectivity index (χ4v) is 2.36. The van der Waals surface area contributed by atoms with Crippen molar-refractivity contribution < 1.29 is 24.2 Å². The number of carboxylic acids is 1. The first-order chi connectivity index (χ1) is 12.1. The molecule has 6 nitrogen and oxygen atoms in total. The second-order valence-corrected chi connectivity index (χ2v) is 5.43. The molecule has 1 aliphatic heterocycles. The van der Waals surface area contributed by atoms with Gasteiger partial charge in [-0.15, -0.1) is 0 Å². The number of nitrogens with zero attached hydrogens (tertiary/aromatic N) is 1. The van der Waals surface area contributed by atoms with Gasteiger partial charge in [0.05, 0.1) is 0 Å². The van der Waals surface area contributed by atoms with E-state index in [0.29, 0.717) is 17.9 Å². The number of hydrogen-bond acceptors (Lipinski definition) is 4. The number of aliphatic imine (C=N–C) groups is 1. The highest BCUT2D eigenvalue weighted by Crippen LogP contribution is 2.13. The average molecular weight is 343 g/mol. The Morgan fingerprint density at radius 3 is 2.80 bits per heavy atom. The van der Waals surface area contributed by atoms with Crippen molar-refractivity contribution in [3.63, 3.8) is 0 Å². The van der Waals surface area contributed by atoms with Gasteiger partial charge in [-0.1, -0.05) is 36.4 Å². The first-order valence-electron chi connectivity index (χ1n) is 8.08. The van der Waals surface area contributed by atoms with Crippen LogP contribution < -0.4 is 0 Å². The van der Waals surface area contributed by atoms with Gasteiger partial charge >= 0.3 is 5.97 Å². The van der Waals surface area contributed by atoms with Crippen molar-refractivity contribution in [2.75, 3.05) is 13.2 Å². The minimum atomic E-state index is -1.06. The van der Waals surface area contributed by atoms with Gasteiger partial charge in [0.2, 0.25) is 0 Å². The van der Waals surface area contributed by atoms with E-state index in [1.807, 2.05) is 30.3 Å². The molecule has 1 aromatic carbocycles. The van der Waals surface area contributed by atoms with E-state index in [1.54, 1.807) is 19.1 Å². The van der Waals surface area contributed by atoms with Crippen LogP contribution in [0.15, 0.2) is 59.1 Å². The van der Waals surface area contributed by atoms with Crippen molar-refractivity contribution in [2.24, 2.45) is 4.99 Å². The number of ether oxygens (including phenoxy) is 2. The van der Waals surface area contributed by atoms with Gasteiger partial charge in [-0.25, -0.2) is 4.79 Å². The quantitative estimate of drug-likeness (QED) is 0.822. The smallest absolute Gasteiger partial charge is 0.333 e. The highest BCUT2D eigenvalue weighted by Gasteiger charge is 2.19. The lowest BCUT2D eigenvalue weighted by molar-refractivity contribution is -0.149. The number of aliphatic carboxylic acids is 1. The zero-order valence-electron chi connectivity index (χ0n) is 14.1. The molecule has 0 radical (unpaired) electrons. The summed E-state index contributed by atoms with van der Waals surface area (Å²) in [4.78, 5) is 27.3. The van der Waals surface area contributed by atoms with Crippen LogP contribution in [0.3, 0.4) is 0 Å². The molecule has 0 aliphatic carbocycles. The summed E-state index contributed by atoms with van der Waals surface area (Å²) in [6.45, 7) is 2.26. The number of carbonyl (C=O) groups excluding carboxylic acids is 1. The van der Waals surface area contributed by atoms with Crippen LogP contribution in [0.5, 0.6) is 0 Å². The van der Waals surface area contributed by atoms with Gasteiger partial charge in [0, 0.05) is 25.5 Å². The third-order valence-corrected chi connectivity index (χ3v) is 3.48. The number of rotatable bonds is 7. The molecule has 0 bridgehead atoms. The molecule has 1 N–H and O–H groups in total. The molecule has 0 saturated carbocycles. The van der Waals surface area contributed by atoms with E-state index in [4.69, 9.17) is 9.47 Å². The fraction of sp³-hybridized carbons (Fsp3) is 0.316. The Morgan fingerprint density at radius 2 is 2.12 bits per heavy atom. The van der Waals surface area contributed by atoms with Crippen LogP contribution >= 0.6 is 0 Å². The van der Waals surface area contributed by atoms with Crippen molar-refractivity contribution in [1.82, 2.24) is 0 Å². The molecular weight excluding hydrogens is 322 g/mol. The summed E-state index contributed by atoms with van der Waals surface area (Å²) in [6, 6.07) is 9.59. The first-order valence-corrected chi connectivity index (χ1v) is 8.08. The minimum absolute atomic E-state index is 0.0922. The summed E-state index contributed by atoms with van der Waals surface area (Å²) in [7, 11) is 0. The van der Waals surface area contributed by atoms with E-state index in [9.17, 15) is 14.7 Å². The predicted molar refractivity (Wildman–Crippen MR) is 93.4 cm³/mol. The Morgan fingerprint density at radius 1 is 1.36 bits per heavy atom. The van der Waals surface area contributed by atoms with Crippen molar-refractivity contribution in [1.29, 1.82) is 0 Å². The predicted octanol–water partition coefficient (Wildman–Crippen LogP) is 2.55. The highest BCUT2D eigenvalue weighted by molar-refractivity contribution is 5.99. The Kier molecular flexibility index (Phi) is 7.10. The van der Waals surface area contributed by atoms with E-state index in [-0.39, 0.29) is 19.6 Å². The third-order valence-electron chi connectivity index (χ3n) is 3.48. The Balaban J connectivity index is 2.13. The zero-order chi connectivity index (χ0) is 18.1. The summed E-state index contributed by atoms with van der Waals surface area (Å²) in [6.07, 6.45) is 4.24. The van der Waals surface area contributed by atoms with E-state index in [0.717, 1.165) is 5.56 Å². The molecule has 0 aromatic heterocycles. The van der Waals surface area contributed by atoms with E-state index in [1.165, 1.54) is 6.08 Å². The number of amides is 1. The van der Waals surface area contributed by atoms with Crippen molar-refractivity contribution >= 4 is 17.8 Å². The standard InChI is InChI=1S/C19H21NO5/c1-2-24-16(19(22)23)11-15-9-6-10-25-18(20-17(21)12-15)13-14-7-4-3-5-8-14/h3-9,12,16H,2,10-11,13H2,1H3,(H,22,23)/b9-6-,15-12+,20-18?. The summed E-state index contributed by atoms with van der Waals surface area (Å²) < 4.78 is 10.7. The number of hydrogen-bond donors (Lipinski definition) is 1. The molecule has 0 spiro atoms. The van der Waals surface area contributed by atoms with Crippen molar-refractivity contribution in [3.05, 3.63) is 59.7 Å². The topological polar surface area (TPSA) is 85.2 Å². The lowest BCUT2D eigenvalue weighted by Gasteiger charge is -2.12. The molecule has 25 heavy (non-hydrogen) atoms. The second kappa shape index (κ2) is 9.54. The second-order valence-electron chi connectivity index (χ2n) is 5.43. The van der Waals surface area contributed by atoms with Crippen molar-refractivity contribution in [2.45, 2.75) is 25.9 Å². The van der Waals surface area contributed by atoms with Gasteiger partial charge in [0.25, 0.3) is 5.91 Å². The normalized spacial score (nSPS) is 19.3. The summed E-state index contributed by atoms with van der Waals surface area (Å²) >= 11 is 0. The molecule has 1 unspecified atom stereocenters. The summed E-state index contributed by atoms with van der Waals surface area (Å²) in [5, 5.41) is 9.18. The van der Waals surface area contributed by atoms with Gasteiger partial charge in [-0.05, 0) is 24.1 Å². The molecule has 1 amide bonds. The van der Waals surface area contributed by atoms with Gasteiger partial charge in [0.1, 0.15) is 6.61 Å². The SMILES string of the molecule is CCOC(CC1=C/C(=O)N=C(Cc2ccccc2)OC/C=C\1)C(=O)O. The zero-order valence-corrected chi connectivity index (χ0v) is 14.1. The third kappa shape index (κ3) is 6.35. The van der Waals surface area contributed by atoms with Gasteiger partial charge in [-0.3, -0.25) is 4.79 Å². The lowest BCUT2D eigenvalue weighted by Crippen LogP contribution is -2.24. The highest BCUT2D eigenvalue weighted by atomic mass is 16.5. The summed E-state index contributed by atoms with van der Waals surface area (Å²) in [5.41, 5.74) is 1.53. The molecule has 0 saturated heterocycles. The van der Waals surface area contributed by atoms with E-state index in [2.05, 4.69) is 4.99 Å². The van der Waals surface area contributed by atoms with Gasteiger partial charge in [0.15, 0.2) is 12.0 Å². The fourth-order valence-electron chi connectivity index (χ4n) is 2.36. The molecular formula is C19H21NO5. The number of benzene rings is 1. The van der Waals surface area contributed by atoms with Crippen LogP contribution in [0.4, 0.5) is 0 Å². The molecule has 1 heterocycles. The lowest BCUT2D eigenvalue weighted by atomic mass is 10.1. The average Bonchev–Trinajstić information content (AvgIpc) is 2.66. The van der Waals surface area contributed by atoms with Crippen LogP contribution in [-0.2, 0) is 25.5 Å². The monoisotopic (exact) mass is 343 g/mol. The van der Waals surface area contributed by atoms with E-state index < -0.39 is 18.0 Å². The molecule has 1 aromatic rings. The van der Waals surface area contributed by atoms with Crippen LogP contribution in [-0.4, -0.2) is 42.2 Å². The molecule has 1 atom stereocenters. The maximum atomic E-state index is 12.1. The molecule has 6 heteroatoms. The van der Waals surface area contributed by atoms with Gasteiger partial charge < -0.3 is 14.6 Å². The van der Waals surface area contributed by atoms with Crippen LogP contribution in [0, 0.1) is 0 Å². The molecule has 132 valence electrons. The van der Waals surface area contributed by atoms with Crippen LogP contribution in [0.25, 0.3) is 0 Å². The maximum Gasteiger partial charge on any atom is 0.333 e. The number of allylic oxidation sites excluding steroid dienone is 1. The maximum absolute atomic E-state index is 12.1. The first kappa shape index (κ1) is 18.6. The number of carbonyl (C=O) groups is 2. The molecule has 2 rings (SSSR count). The van der Waals surface area contributed by atoms with Crippen LogP contribution in [0.1, 0.15) is 18.9 Å². The minimum Gasteiger partial charge on any atom is -0.479 e. The molecule has 1 aliphatic rings. The largest absolute Gasteiger partial charge is 0.479 e. The Hall–Kier alpha value is -2.73. The molecule has 0 fully saturated rings. The Labute approximate surface area is 146 Å². The van der Waals surface area contributed by atoms with E-state index >= 15 is 0 Å².